The Morgan fingerprint density at radius 3 is 2.85 bits per heavy atom. The van der Waals surface area contributed by atoms with Crippen LogP contribution in [0.1, 0.15) is 6.92 Å². The maximum Gasteiger partial charge on any atom is 0.351 e. The van der Waals surface area contributed by atoms with Crippen molar-refractivity contribution in [2.45, 2.75) is 6.92 Å². The second kappa shape index (κ2) is 4.68. The first-order chi connectivity index (χ1) is 9.60. The number of hydrogen-bond donors (Lipinski definition) is 0. The molecule has 2 aliphatic rings. The average molecular weight is 289 g/mol. The molecule has 0 N–H and O–H groups in total. The van der Waals surface area contributed by atoms with Crippen molar-refractivity contribution in [3.63, 3.8) is 0 Å². The molecule has 0 atom stereocenters. The van der Waals surface area contributed by atoms with Crippen LogP contribution < -0.4 is 16.0 Å². The van der Waals surface area contributed by atoms with Crippen molar-refractivity contribution in [2.75, 3.05) is 6.61 Å². The fourth-order valence-corrected chi connectivity index (χ4v) is 2.82. The molecule has 0 fully saturated rings. The first-order valence-corrected chi connectivity index (χ1v) is 6.86. The van der Waals surface area contributed by atoms with E-state index in [9.17, 15) is 9.59 Å². The normalized spacial score (nSPS) is 11.1. The molecule has 0 unspecified atom stereocenters. The summed E-state index contributed by atoms with van der Waals surface area (Å²) in [4.78, 5) is 31.8. The van der Waals surface area contributed by atoms with Crippen LogP contribution in [-0.4, -0.2) is 21.1 Å². The lowest BCUT2D eigenvalue weighted by molar-refractivity contribution is 0.341. The number of rotatable bonds is 2. The van der Waals surface area contributed by atoms with E-state index in [1.807, 2.05) is 13.0 Å². The zero-order valence-corrected chi connectivity index (χ0v) is 11.7. The van der Waals surface area contributed by atoms with Gasteiger partial charge in [-0.2, -0.15) is 4.98 Å². The van der Waals surface area contributed by atoms with Gasteiger partial charge in [0.05, 0.1) is 16.8 Å². The molecular weight excluding hydrogens is 278 g/mol. The van der Waals surface area contributed by atoms with Crippen LogP contribution in [0.15, 0.2) is 27.8 Å². The number of ether oxygens (including phenoxy) is 1. The third-order valence-electron chi connectivity index (χ3n) is 2.88. The molecule has 0 spiro atoms. The van der Waals surface area contributed by atoms with E-state index < -0.39 is 11.2 Å². The maximum atomic E-state index is 12.0. The molecule has 0 saturated heterocycles. The molecule has 6 nitrogen and oxygen atoms in total. The molecule has 0 saturated carbocycles. The first kappa shape index (κ1) is 12.7. The number of hydrogen-bond acceptors (Lipinski definition) is 6. The highest BCUT2D eigenvalue weighted by molar-refractivity contribution is 7.21. The van der Waals surface area contributed by atoms with E-state index in [2.05, 4.69) is 9.97 Å². The highest BCUT2D eigenvalue weighted by Gasteiger charge is 2.16. The van der Waals surface area contributed by atoms with Crippen LogP contribution in [0.2, 0.25) is 0 Å². The Labute approximate surface area is 117 Å². The van der Waals surface area contributed by atoms with Gasteiger partial charge in [-0.15, -0.1) is 11.3 Å². The summed E-state index contributed by atoms with van der Waals surface area (Å²) in [6.45, 7) is 2.47. The highest BCUT2D eigenvalue weighted by Crippen LogP contribution is 2.28. The summed E-state index contributed by atoms with van der Waals surface area (Å²) in [5, 5.41) is 0.347. The predicted octanol–water partition coefficient (Wildman–Crippen LogP) is 1.25. The van der Waals surface area contributed by atoms with Gasteiger partial charge < -0.3 is 4.74 Å². The monoisotopic (exact) mass is 289 g/mol. The summed E-state index contributed by atoms with van der Waals surface area (Å²) >= 11 is 1.26. The largest absolute Gasteiger partial charge is 0.494 e. The molecule has 2 heterocycles. The van der Waals surface area contributed by atoms with E-state index in [1.165, 1.54) is 18.4 Å². The molecule has 20 heavy (non-hydrogen) atoms. The Balaban J connectivity index is 2.35. The summed E-state index contributed by atoms with van der Waals surface area (Å²) in [5.41, 5.74) is -0.0924. The summed E-state index contributed by atoms with van der Waals surface area (Å²) < 4.78 is 7.21. The minimum absolute atomic E-state index is 0.216. The van der Waals surface area contributed by atoms with Crippen LogP contribution >= 0.6 is 11.3 Å². The van der Waals surface area contributed by atoms with Gasteiger partial charge in [-0.25, -0.2) is 9.78 Å². The number of nitrogens with zero attached hydrogens (tertiary/aromatic N) is 3. The smallest absolute Gasteiger partial charge is 0.351 e. The lowest BCUT2D eigenvalue weighted by Crippen LogP contribution is -2.34. The zero-order valence-electron chi connectivity index (χ0n) is 10.9. The lowest BCUT2D eigenvalue weighted by Gasteiger charge is -2.07. The van der Waals surface area contributed by atoms with Gasteiger partial charge in [-0.1, -0.05) is 0 Å². The average Bonchev–Trinajstić information content (AvgIpc) is 2.44. The van der Waals surface area contributed by atoms with E-state index in [4.69, 9.17) is 4.74 Å². The minimum Gasteiger partial charge on any atom is -0.494 e. The topological polar surface area (TPSA) is 74.1 Å². The van der Waals surface area contributed by atoms with Gasteiger partial charge in [-0.05, 0) is 25.1 Å². The molecular formula is C13H11N3O3S. The van der Waals surface area contributed by atoms with Crippen molar-refractivity contribution in [3.05, 3.63) is 39.0 Å². The van der Waals surface area contributed by atoms with Crippen molar-refractivity contribution in [1.29, 1.82) is 0 Å². The third-order valence-corrected chi connectivity index (χ3v) is 3.90. The molecule has 0 aromatic heterocycles. The van der Waals surface area contributed by atoms with Crippen LogP contribution in [-0.2, 0) is 7.05 Å². The quantitative estimate of drug-likeness (QED) is 0.664. The standard InChI is InChI=1S/C13H11N3O3S/c1-3-19-7-4-5-8-9(6-7)20-11-10(14-8)12(17)16(2)13(18)15-11/h4-6H,3H2,1-2H3. The molecule has 1 aromatic carbocycles. The van der Waals surface area contributed by atoms with Gasteiger partial charge in [0.15, 0.2) is 10.7 Å². The predicted molar refractivity (Wildman–Crippen MR) is 76.7 cm³/mol. The molecule has 3 rings (SSSR count). The van der Waals surface area contributed by atoms with Gasteiger partial charge in [-0.3, -0.25) is 9.36 Å². The van der Waals surface area contributed by atoms with Crippen LogP contribution in [0, 0.1) is 0 Å². The van der Waals surface area contributed by atoms with Crippen molar-refractivity contribution < 1.29 is 4.74 Å². The lowest BCUT2D eigenvalue weighted by atomic mass is 10.3. The van der Waals surface area contributed by atoms with E-state index in [-0.39, 0.29) is 5.69 Å². The van der Waals surface area contributed by atoms with Gasteiger partial charge in [0.1, 0.15) is 5.75 Å². The van der Waals surface area contributed by atoms with E-state index in [0.717, 1.165) is 15.0 Å². The second-order valence-corrected chi connectivity index (χ2v) is 5.22. The minimum atomic E-state index is -0.569. The number of benzene rings is 1. The van der Waals surface area contributed by atoms with Crippen molar-refractivity contribution >= 4 is 21.6 Å². The van der Waals surface area contributed by atoms with Crippen molar-refractivity contribution in [3.8, 4) is 16.5 Å². The first-order valence-electron chi connectivity index (χ1n) is 6.04. The molecule has 7 heteroatoms. The van der Waals surface area contributed by atoms with Crippen LogP contribution in [0.4, 0.5) is 0 Å². The highest BCUT2D eigenvalue weighted by atomic mass is 32.1. The molecule has 1 aromatic rings. The van der Waals surface area contributed by atoms with E-state index >= 15 is 0 Å². The Kier molecular flexibility index (Phi) is 2.98. The fraction of sp³-hybridized carbons (Fsp3) is 0.231. The SMILES string of the molecule is CCOc1ccc2nc3c(=O)n(C)c(=O)nc-3sc2c1. The van der Waals surface area contributed by atoms with E-state index in [1.54, 1.807) is 12.1 Å². The summed E-state index contributed by atoms with van der Waals surface area (Å²) in [5.74, 6) is 0.726. The number of fused-ring (bicyclic) bond motifs is 2. The van der Waals surface area contributed by atoms with Gasteiger partial charge in [0, 0.05) is 7.05 Å². The summed E-state index contributed by atoms with van der Waals surface area (Å²) in [6.07, 6.45) is 0. The number of aromatic nitrogens is 3. The summed E-state index contributed by atoms with van der Waals surface area (Å²) in [6, 6.07) is 5.43. The van der Waals surface area contributed by atoms with Gasteiger partial charge in [0.2, 0.25) is 0 Å². The molecule has 102 valence electrons. The van der Waals surface area contributed by atoms with Gasteiger partial charge >= 0.3 is 5.69 Å². The summed E-state index contributed by atoms with van der Waals surface area (Å²) in [7, 11) is 1.39. The molecule has 0 bridgehead atoms. The Bertz CT molecular complexity index is 884. The molecule has 0 amide bonds. The maximum absolute atomic E-state index is 12.0. The fourth-order valence-electron chi connectivity index (χ4n) is 1.87. The van der Waals surface area contributed by atoms with Crippen molar-refractivity contribution in [1.82, 2.24) is 14.5 Å². The van der Waals surface area contributed by atoms with Crippen LogP contribution in [0.25, 0.3) is 20.9 Å². The third kappa shape index (κ3) is 1.96. The van der Waals surface area contributed by atoms with E-state index in [0.29, 0.717) is 17.1 Å². The van der Waals surface area contributed by atoms with Crippen LogP contribution in [0.3, 0.4) is 0 Å². The zero-order chi connectivity index (χ0) is 14.3. The Hall–Kier alpha value is -2.28. The van der Waals surface area contributed by atoms with Gasteiger partial charge in [0.25, 0.3) is 5.56 Å². The Morgan fingerprint density at radius 1 is 1.30 bits per heavy atom. The molecule has 0 radical (unpaired) electrons. The Morgan fingerprint density at radius 2 is 2.10 bits per heavy atom. The molecule has 2 aliphatic heterocycles. The van der Waals surface area contributed by atoms with Crippen molar-refractivity contribution in [2.24, 2.45) is 7.05 Å². The second-order valence-electron chi connectivity index (χ2n) is 4.19. The molecule has 0 aliphatic carbocycles. The van der Waals surface area contributed by atoms with Crippen LogP contribution in [0.5, 0.6) is 5.75 Å².